The summed E-state index contributed by atoms with van der Waals surface area (Å²) in [6.45, 7) is 4.99. The molecule has 0 bridgehead atoms. The van der Waals surface area contributed by atoms with Crippen LogP contribution in [-0.4, -0.2) is 42.5 Å². The molecule has 2 heterocycles. The molecule has 0 unspecified atom stereocenters. The van der Waals surface area contributed by atoms with Gasteiger partial charge in [-0.15, -0.1) is 0 Å². The molecule has 1 aliphatic heterocycles. The van der Waals surface area contributed by atoms with E-state index in [0.29, 0.717) is 12.5 Å². The normalized spacial score (nSPS) is 16.9. The molecule has 5 nitrogen and oxygen atoms in total. The molecule has 1 aromatic carbocycles. The number of rotatable bonds is 6. The smallest absolute Gasteiger partial charge is 0.253 e. The summed E-state index contributed by atoms with van der Waals surface area (Å²) in [6, 6.07) is 11.5. The number of benzene rings is 1. The zero-order chi connectivity index (χ0) is 17.6. The van der Waals surface area contributed by atoms with Gasteiger partial charge in [-0.25, -0.2) is 0 Å². The van der Waals surface area contributed by atoms with Crippen LogP contribution in [0.3, 0.4) is 0 Å². The minimum Gasteiger partial charge on any atom is -0.487 e. The van der Waals surface area contributed by atoms with Gasteiger partial charge < -0.3 is 15.0 Å². The van der Waals surface area contributed by atoms with Gasteiger partial charge in [0.25, 0.3) is 5.91 Å². The summed E-state index contributed by atoms with van der Waals surface area (Å²) in [5.74, 6) is 1.39. The van der Waals surface area contributed by atoms with Gasteiger partial charge in [0, 0.05) is 24.3 Å². The van der Waals surface area contributed by atoms with Crippen LogP contribution in [-0.2, 0) is 6.61 Å². The Balaban J connectivity index is 1.61. The second-order valence-electron chi connectivity index (χ2n) is 6.59. The average molecular weight is 339 g/mol. The van der Waals surface area contributed by atoms with Gasteiger partial charge in [-0.05, 0) is 62.7 Å². The van der Waals surface area contributed by atoms with Crippen molar-refractivity contribution in [2.45, 2.75) is 20.0 Å². The largest absolute Gasteiger partial charge is 0.487 e. The Morgan fingerprint density at radius 3 is 3.00 bits per heavy atom. The van der Waals surface area contributed by atoms with E-state index in [2.05, 4.69) is 10.3 Å². The molecule has 25 heavy (non-hydrogen) atoms. The number of hydrogen-bond acceptors (Lipinski definition) is 4. The maximum absolute atomic E-state index is 12.7. The van der Waals surface area contributed by atoms with Gasteiger partial charge in [0.15, 0.2) is 0 Å². The van der Waals surface area contributed by atoms with Crippen molar-refractivity contribution in [2.24, 2.45) is 5.92 Å². The molecule has 5 heteroatoms. The highest BCUT2D eigenvalue weighted by Crippen LogP contribution is 2.19. The number of nitrogens with one attached hydrogen (secondary N) is 1. The van der Waals surface area contributed by atoms with Gasteiger partial charge in [-0.1, -0.05) is 12.1 Å². The van der Waals surface area contributed by atoms with Crippen LogP contribution in [0.4, 0.5) is 0 Å². The van der Waals surface area contributed by atoms with Crippen molar-refractivity contribution in [3.8, 4) is 5.75 Å². The molecule has 1 atom stereocenters. The third-order valence-corrected chi connectivity index (χ3v) is 4.53. The first-order valence-corrected chi connectivity index (χ1v) is 8.74. The molecule has 1 aliphatic rings. The molecule has 1 saturated heterocycles. The molecule has 2 aromatic rings. The molecule has 0 aliphatic carbocycles. The highest BCUT2D eigenvalue weighted by molar-refractivity contribution is 5.94. The monoisotopic (exact) mass is 339 g/mol. The van der Waals surface area contributed by atoms with Gasteiger partial charge in [-0.2, -0.15) is 0 Å². The van der Waals surface area contributed by atoms with Crippen LogP contribution < -0.4 is 10.1 Å². The highest BCUT2D eigenvalue weighted by Gasteiger charge is 2.26. The van der Waals surface area contributed by atoms with Crippen molar-refractivity contribution in [1.29, 1.82) is 0 Å². The molecule has 3 rings (SSSR count). The molecule has 0 spiro atoms. The maximum Gasteiger partial charge on any atom is 0.253 e. The van der Waals surface area contributed by atoms with Gasteiger partial charge in [0.05, 0.1) is 6.20 Å². The van der Waals surface area contributed by atoms with E-state index in [9.17, 15) is 4.79 Å². The number of amides is 1. The van der Waals surface area contributed by atoms with Gasteiger partial charge in [0.1, 0.15) is 12.4 Å². The predicted octanol–water partition coefficient (Wildman–Crippen LogP) is 2.65. The second-order valence-corrected chi connectivity index (χ2v) is 6.59. The number of carbonyl (C=O) groups is 1. The van der Waals surface area contributed by atoms with Crippen LogP contribution in [0, 0.1) is 12.8 Å². The van der Waals surface area contributed by atoms with Crippen LogP contribution in [0.1, 0.15) is 28.0 Å². The summed E-state index contributed by atoms with van der Waals surface area (Å²) in [5, 5.41) is 3.19. The minimum absolute atomic E-state index is 0.109. The summed E-state index contributed by atoms with van der Waals surface area (Å²) in [7, 11) is 1.96. The highest BCUT2D eigenvalue weighted by atomic mass is 16.5. The zero-order valence-corrected chi connectivity index (χ0v) is 14.9. The summed E-state index contributed by atoms with van der Waals surface area (Å²) < 4.78 is 5.76. The lowest BCUT2D eigenvalue weighted by atomic mass is 10.1. The third-order valence-electron chi connectivity index (χ3n) is 4.53. The van der Waals surface area contributed by atoms with Crippen LogP contribution >= 0.6 is 0 Å². The summed E-state index contributed by atoms with van der Waals surface area (Å²) >= 11 is 0. The van der Waals surface area contributed by atoms with Crippen LogP contribution in [0.25, 0.3) is 0 Å². The molecular formula is C20H25N3O2. The SMILES string of the molecule is CNC[C@@H]1CCN(C(=O)c2cccc(COc3ccc(C)nc3)c2)C1. The van der Waals surface area contributed by atoms with Crippen LogP contribution in [0.2, 0.25) is 0 Å². The van der Waals surface area contributed by atoms with Crippen LogP contribution in [0.15, 0.2) is 42.6 Å². The standard InChI is InChI=1S/C20H25N3O2/c1-15-6-7-19(12-22-15)25-14-16-4-3-5-18(10-16)20(24)23-9-8-17(13-23)11-21-2/h3-7,10,12,17,21H,8-9,11,13-14H2,1-2H3/t17-/m0/s1. The van der Waals surface area contributed by atoms with E-state index in [1.54, 1.807) is 6.20 Å². The first-order chi connectivity index (χ1) is 12.2. The minimum atomic E-state index is 0.109. The summed E-state index contributed by atoms with van der Waals surface area (Å²) in [4.78, 5) is 18.9. The van der Waals surface area contributed by atoms with E-state index in [1.165, 1.54) is 0 Å². The molecule has 1 N–H and O–H groups in total. The Morgan fingerprint density at radius 1 is 1.36 bits per heavy atom. The summed E-state index contributed by atoms with van der Waals surface area (Å²) in [5.41, 5.74) is 2.67. The quantitative estimate of drug-likeness (QED) is 0.879. The molecule has 132 valence electrons. The van der Waals surface area contributed by atoms with E-state index in [1.807, 2.05) is 55.3 Å². The number of aromatic nitrogens is 1. The third kappa shape index (κ3) is 4.57. The van der Waals surface area contributed by atoms with Crippen molar-refractivity contribution >= 4 is 5.91 Å². The van der Waals surface area contributed by atoms with Crippen LogP contribution in [0.5, 0.6) is 5.75 Å². The van der Waals surface area contributed by atoms with E-state index >= 15 is 0 Å². The number of ether oxygens (including phenoxy) is 1. The Kier molecular flexibility index (Phi) is 5.66. The van der Waals surface area contributed by atoms with E-state index < -0.39 is 0 Å². The lowest BCUT2D eigenvalue weighted by molar-refractivity contribution is 0.0787. The van der Waals surface area contributed by atoms with Crippen molar-refractivity contribution in [3.05, 3.63) is 59.4 Å². The Morgan fingerprint density at radius 2 is 2.24 bits per heavy atom. The number of likely N-dealkylation sites (tertiary alicyclic amines) is 1. The average Bonchev–Trinajstić information content (AvgIpc) is 3.10. The van der Waals surface area contributed by atoms with E-state index in [4.69, 9.17) is 4.74 Å². The Hall–Kier alpha value is -2.40. The van der Waals surface area contributed by atoms with Gasteiger partial charge >= 0.3 is 0 Å². The summed E-state index contributed by atoms with van der Waals surface area (Å²) in [6.07, 6.45) is 2.78. The van der Waals surface area contributed by atoms with Crippen molar-refractivity contribution in [2.75, 3.05) is 26.7 Å². The first kappa shape index (κ1) is 17.4. The molecule has 1 fully saturated rings. The van der Waals surface area contributed by atoms with Gasteiger partial charge in [-0.3, -0.25) is 9.78 Å². The second kappa shape index (κ2) is 8.12. The van der Waals surface area contributed by atoms with Crippen molar-refractivity contribution in [3.63, 3.8) is 0 Å². The lowest BCUT2D eigenvalue weighted by Crippen LogP contribution is -2.30. The number of pyridine rings is 1. The maximum atomic E-state index is 12.7. The number of nitrogens with zero attached hydrogens (tertiary/aromatic N) is 2. The Bertz CT molecular complexity index is 715. The van der Waals surface area contributed by atoms with E-state index in [-0.39, 0.29) is 5.91 Å². The molecule has 1 amide bonds. The molecule has 0 saturated carbocycles. The van der Waals surface area contributed by atoms with Crippen molar-refractivity contribution < 1.29 is 9.53 Å². The van der Waals surface area contributed by atoms with Crippen molar-refractivity contribution in [1.82, 2.24) is 15.2 Å². The number of aryl methyl sites for hydroxylation is 1. The number of carbonyl (C=O) groups excluding carboxylic acids is 1. The molecule has 0 radical (unpaired) electrons. The van der Waals surface area contributed by atoms with E-state index in [0.717, 1.165) is 48.6 Å². The fourth-order valence-corrected chi connectivity index (χ4v) is 3.16. The topological polar surface area (TPSA) is 54.5 Å². The Labute approximate surface area is 149 Å². The fourth-order valence-electron chi connectivity index (χ4n) is 3.16. The lowest BCUT2D eigenvalue weighted by Gasteiger charge is -2.17. The molecular weight excluding hydrogens is 314 g/mol. The van der Waals surface area contributed by atoms with Gasteiger partial charge in [0.2, 0.25) is 0 Å². The number of hydrogen-bond donors (Lipinski definition) is 1. The fraction of sp³-hybridized carbons (Fsp3) is 0.400. The molecule has 1 aromatic heterocycles. The first-order valence-electron chi connectivity index (χ1n) is 8.74. The predicted molar refractivity (Wildman–Crippen MR) is 97.7 cm³/mol. The zero-order valence-electron chi connectivity index (χ0n) is 14.9.